The van der Waals surface area contributed by atoms with Gasteiger partial charge in [0.1, 0.15) is 0 Å². The van der Waals surface area contributed by atoms with Gasteiger partial charge >= 0.3 is 11.9 Å². The van der Waals surface area contributed by atoms with Gasteiger partial charge in [-0.1, -0.05) is 42.5 Å². The van der Waals surface area contributed by atoms with Crippen LogP contribution < -0.4 is 9.47 Å². The van der Waals surface area contributed by atoms with E-state index >= 15 is 0 Å². The molecule has 0 fully saturated rings. The van der Waals surface area contributed by atoms with E-state index in [1.165, 1.54) is 6.07 Å². The van der Waals surface area contributed by atoms with E-state index < -0.39 is 18.0 Å². The van der Waals surface area contributed by atoms with Crippen molar-refractivity contribution < 1.29 is 29.3 Å². The Labute approximate surface area is 132 Å². The molecule has 2 aromatic carbocycles. The number of benzene rings is 2. The molecule has 120 valence electrons. The zero-order chi connectivity index (χ0) is 16.7. The fourth-order valence-corrected chi connectivity index (χ4v) is 1.92. The fraction of sp³-hybridized carbons (Fsp3) is 0.176. The van der Waals surface area contributed by atoms with E-state index in [1.807, 2.05) is 30.3 Å². The van der Waals surface area contributed by atoms with Crippen LogP contribution in [-0.2, 0) is 16.0 Å². The van der Waals surface area contributed by atoms with Gasteiger partial charge in [-0.25, -0.2) is 9.59 Å². The molecule has 0 saturated heterocycles. The van der Waals surface area contributed by atoms with Gasteiger partial charge in [0.15, 0.2) is 11.5 Å². The Morgan fingerprint density at radius 2 is 1.43 bits per heavy atom. The van der Waals surface area contributed by atoms with Crippen LogP contribution in [0.5, 0.6) is 11.5 Å². The molecule has 6 heteroatoms. The van der Waals surface area contributed by atoms with Gasteiger partial charge in [-0.15, -0.1) is 0 Å². The smallest absolute Gasteiger partial charge is 0.356 e. The Hall–Kier alpha value is -3.02. The average molecular weight is 316 g/mol. The summed E-state index contributed by atoms with van der Waals surface area (Å²) in [7, 11) is 0. The normalized spacial score (nSPS) is 10.3. The Bertz CT molecular complexity index is 654. The number of hydrogen-bond donors (Lipinski definition) is 2. The lowest BCUT2D eigenvalue weighted by Crippen LogP contribution is -2.35. The molecule has 23 heavy (non-hydrogen) atoms. The molecule has 0 aliphatic carbocycles. The van der Waals surface area contributed by atoms with Crippen molar-refractivity contribution in [1.82, 2.24) is 0 Å². The Balaban J connectivity index is 2.02. The van der Waals surface area contributed by atoms with Gasteiger partial charge < -0.3 is 19.7 Å². The van der Waals surface area contributed by atoms with Gasteiger partial charge in [0.25, 0.3) is 6.10 Å². The van der Waals surface area contributed by atoms with Crippen LogP contribution >= 0.6 is 0 Å². The molecule has 6 nitrogen and oxygen atoms in total. The fourth-order valence-electron chi connectivity index (χ4n) is 1.92. The third-order valence-electron chi connectivity index (χ3n) is 3.03. The lowest BCUT2D eigenvalue weighted by Gasteiger charge is -2.15. The molecular weight excluding hydrogens is 300 g/mol. The van der Waals surface area contributed by atoms with Crippen LogP contribution in [0.2, 0.25) is 0 Å². The maximum Gasteiger partial charge on any atom is 0.356 e. The van der Waals surface area contributed by atoms with Crippen LogP contribution in [0.15, 0.2) is 54.6 Å². The maximum atomic E-state index is 10.9. The molecule has 0 bridgehead atoms. The van der Waals surface area contributed by atoms with Crippen LogP contribution in [0.1, 0.15) is 5.56 Å². The van der Waals surface area contributed by atoms with Gasteiger partial charge in [0, 0.05) is 6.42 Å². The van der Waals surface area contributed by atoms with Crippen LogP contribution in [0, 0.1) is 0 Å². The minimum Gasteiger partial charge on any atom is -0.489 e. The molecule has 0 radical (unpaired) electrons. The van der Waals surface area contributed by atoms with E-state index in [2.05, 4.69) is 0 Å². The average Bonchev–Trinajstić information content (AvgIpc) is 2.54. The highest BCUT2D eigenvalue weighted by atomic mass is 16.6. The van der Waals surface area contributed by atoms with Crippen molar-refractivity contribution in [2.75, 3.05) is 6.61 Å². The van der Waals surface area contributed by atoms with Crippen molar-refractivity contribution in [3.63, 3.8) is 0 Å². The van der Waals surface area contributed by atoms with E-state index in [-0.39, 0.29) is 5.75 Å². The first-order valence-corrected chi connectivity index (χ1v) is 6.96. The van der Waals surface area contributed by atoms with Gasteiger partial charge in [-0.05, 0) is 17.7 Å². The molecule has 0 unspecified atom stereocenters. The van der Waals surface area contributed by atoms with Crippen molar-refractivity contribution >= 4 is 11.9 Å². The lowest BCUT2D eigenvalue weighted by atomic mass is 10.2. The number of carbonyl (C=O) groups is 2. The summed E-state index contributed by atoms with van der Waals surface area (Å²) in [6, 6.07) is 16.1. The summed E-state index contributed by atoms with van der Waals surface area (Å²) in [5, 5.41) is 17.7. The number of hydrogen-bond acceptors (Lipinski definition) is 4. The zero-order valence-electron chi connectivity index (χ0n) is 12.2. The molecule has 0 aliphatic heterocycles. The first-order valence-electron chi connectivity index (χ1n) is 6.96. The van der Waals surface area contributed by atoms with Gasteiger partial charge in [-0.3, -0.25) is 0 Å². The van der Waals surface area contributed by atoms with Gasteiger partial charge in [0.05, 0.1) is 6.61 Å². The standard InChI is InChI=1S/C17H16O6/c18-16(19)15(17(20)21)23-14-9-5-4-8-13(14)22-11-10-12-6-2-1-3-7-12/h1-9,15H,10-11H2,(H,18,19)(H,20,21). The topological polar surface area (TPSA) is 93.1 Å². The summed E-state index contributed by atoms with van der Waals surface area (Å²) in [6.45, 7) is 0.356. The third-order valence-corrected chi connectivity index (χ3v) is 3.03. The first kappa shape index (κ1) is 16.4. The van der Waals surface area contributed by atoms with E-state index in [4.69, 9.17) is 19.7 Å². The predicted molar refractivity (Wildman–Crippen MR) is 81.8 cm³/mol. The molecule has 0 heterocycles. The Morgan fingerprint density at radius 3 is 2.04 bits per heavy atom. The molecule has 0 saturated carbocycles. The number of carboxylic acid groups (broad SMARTS) is 2. The summed E-state index contributed by atoms with van der Waals surface area (Å²) in [4.78, 5) is 21.8. The van der Waals surface area contributed by atoms with E-state index in [0.717, 1.165) is 5.56 Å². The Morgan fingerprint density at radius 1 is 0.870 bits per heavy atom. The van der Waals surface area contributed by atoms with Crippen molar-refractivity contribution in [3.8, 4) is 11.5 Å². The van der Waals surface area contributed by atoms with Crippen molar-refractivity contribution in [3.05, 3.63) is 60.2 Å². The number of aliphatic carboxylic acids is 2. The van der Waals surface area contributed by atoms with Crippen LogP contribution in [-0.4, -0.2) is 34.9 Å². The highest BCUT2D eigenvalue weighted by Crippen LogP contribution is 2.27. The second-order valence-corrected chi connectivity index (χ2v) is 4.71. The summed E-state index contributed by atoms with van der Waals surface area (Å²) < 4.78 is 10.6. The second kappa shape index (κ2) is 7.84. The zero-order valence-corrected chi connectivity index (χ0v) is 12.2. The maximum absolute atomic E-state index is 10.9. The summed E-state index contributed by atoms with van der Waals surface area (Å²) >= 11 is 0. The minimum atomic E-state index is -1.98. The van der Waals surface area contributed by atoms with E-state index in [1.54, 1.807) is 18.2 Å². The van der Waals surface area contributed by atoms with Gasteiger partial charge in [-0.2, -0.15) is 0 Å². The number of carboxylic acids is 2. The molecule has 0 aliphatic rings. The quantitative estimate of drug-likeness (QED) is 0.725. The first-order chi connectivity index (χ1) is 11.1. The van der Waals surface area contributed by atoms with Crippen molar-refractivity contribution in [1.29, 1.82) is 0 Å². The monoisotopic (exact) mass is 316 g/mol. The number of rotatable bonds is 8. The minimum absolute atomic E-state index is 0.0790. The molecular formula is C17H16O6. The third kappa shape index (κ3) is 4.74. The van der Waals surface area contributed by atoms with E-state index in [9.17, 15) is 9.59 Å². The molecule has 2 N–H and O–H groups in total. The molecule has 0 aromatic heterocycles. The molecule has 2 aromatic rings. The van der Waals surface area contributed by atoms with Crippen LogP contribution in [0.25, 0.3) is 0 Å². The second-order valence-electron chi connectivity index (χ2n) is 4.71. The van der Waals surface area contributed by atoms with Gasteiger partial charge in [0.2, 0.25) is 0 Å². The Kier molecular flexibility index (Phi) is 5.57. The highest BCUT2D eigenvalue weighted by molar-refractivity contribution is 5.96. The molecule has 0 amide bonds. The summed E-state index contributed by atoms with van der Waals surface area (Å²) in [6.07, 6.45) is -1.31. The molecule has 0 atom stereocenters. The summed E-state index contributed by atoms with van der Waals surface area (Å²) in [5.74, 6) is -2.76. The van der Waals surface area contributed by atoms with Crippen molar-refractivity contribution in [2.45, 2.75) is 12.5 Å². The lowest BCUT2D eigenvalue weighted by molar-refractivity contribution is -0.159. The highest BCUT2D eigenvalue weighted by Gasteiger charge is 2.28. The van der Waals surface area contributed by atoms with E-state index in [0.29, 0.717) is 18.8 Å². The predicted octanol–water partition coefficient (Wildman–Crippen LogP) is 2.22. The SMILES string of the molecule is O=C(O)C(Oc1ccccc1OCCc1ccccc1)C(=O)O. The molecule has 0 spiro atoms. The summed E-state index contributed by atoms with van der Waals surface area (Å²) in [5.41, 5.74) is 1.10. The number of ether oxygens (including phenoxy) is 2. The van der Waals surface area contributed by atoms with Crippen LogP contribution in [0.4, 0.5) is 0 Å². The number of para-hydroxylation sites is 2. The largest absolute Gasteiger partial charge is 0.489 e. The van der Waals surface area contributed by atoms with Crippen molar-refractivity contribution in [2.24, 2.45) is 0 Å². The van der Waals surface area contributed by atoms with Crippen LogP contribution in [0.3, 0.4) is 0 Å². The molecule has 2 rings (SSSR count).